The summed E-state index contributed by atoms with van der Waals surface area (Å²) in [6, 6.07) is 9.98. The van der Waals surface area contributed by atoms with Crippen molar-refractivity contribution in [3.05, 3.63) is 54.1 Å². The van der Waals surface area contributed by atoms with Gasteiger partial charge in [-0.25, -0.2) is 8.78 Å². The highest BCUT2D eigenvalue weighted by atomic mass is 19.2. The quantitative estimate of drug-likeness (QED) is 0.742. The maximum atomic E-state index is 13.2. The molecule has 0 saturated carbocycles. The van der Waals surface area contributed by atoms with Crippen LogP contribution in [-0.2, 0) is 9.59 Å². The van der Waals surface area contributed by atoms with E-state index in [4.69, 9.17) is 4.74 Å². The number of halogens is 2. The van der Waals surface area contributed by atoms with Crippen LogP contribution in [0.1, 0.15) is 6.92 Å². The monoisotopic (exact) mass is 377 g/mol. The predicted octanol–water partition coefficient (Wildman–Crippen LogP) is 2.87. The maximum absolute atomic E-state index is 13.2. The van der Waals surface area contributed by atoms with E-state index in [2.05, 4.69) is 10.6 Å². The van der Waals surface area contributed by atoms with Crippen molar-refractivity contribution >= 4 is 23.2 Å². The first-order chi connectivity index (χ1) is 12.9. The maximum Gasteiger partial charge on any atom is 0.238 e. The molecule has 0 saturated heterocycles. The van der Waals surface area contributed by atoms with Crippen LogP contribution in [0.25, 0.3) is 0 Å². The van der Waals surface area contributed by atoms with Gasteiger partial charge in [0, 0.05) is 17.4 Å². The first-order valence-corrected chi connectivity index (χ1v) is 8.32. The molecule has 0 atom stereocenters. The van der Waals surface area contributed by atoms with Gasteiger partial charge in [0.2, 0.25) is 11.8 Å². The lowest BCUT2D eigenvalue weighted by atomic mass is 10.3. The smallest absolute Gasteiger partial charge is 0.238 e. The van der Waals surface area contributed by atoms with E-state index in [9.17, 15) is 18.4 Å². The average Bonchev–Trinajstić information content (AvgIpc) is 2.64. The number of hydrogen-bond donors (Lipinski definition) is 2. The van der Waals surface area contributed by atoms with Crippen LogP contribution in [0, 0.1) is 11.6 Å². The van der Waals surface area contributed by atoms with Crippen molar-refractivity contribution in [1.82, 2.24) is 4.90 Å². The second-order valence-corrected chi connectivity index (χ2v) is 5.76. The summed E-state index contributed by atoms with van der Waals surface area (Å²) < 4.78 is 31.2. The number of hydrogen-bond acceptors (Lipinski definition) is 4. The molecule has 0 aromatic heterocycles. The summed E-state index contributed by atoms with van der Waals surface area (Å²) in [5.41, 5.74) is 0.765. The van der Waals surface area contributed by atoms with E-state index in [1.165, 1.54) is 6.07 Å². The van der Waals surface area contributed by atoms with E-state index in [0.717, 1.165) is 12.1 Å². The largest absolute Gasteiger partial charge is 0.497 e. The molecule has 2 aromatic rings. The molecule has 0 fully saturated rings. The molecule has 0 aliphatic rings. The minimum absolute atomic E-state index is 0.00767. The van der Waals surface area contributed by atoms with Crippen molar-refractivity contribution in [2.24, 2.45) is 0 Å². The molecule has 0 aliphatic heterocycles. The van der Waals surface area contributed by atoms with E-state index < -0.39 is 17.5 Å². The first-order valence-electron chi connectivity index (χ1n) is 8.32. The van der Waals surface area contributed by atoms with E-state index in [1.807, 2.05) is 6.92 Å². The molecule has 2 N–H and O–H groups in total. The molecule has 2 rings (SSSR count). The van der Waals surface area contributed by atoms with Gasteiger partial charge >= 0.3 is 0 Å². The SMILES string of the molecule is CCN(CC(=O)Nc1ccc(OC)cc1)CC(=O)Nc1ccc(F)c(F)c1. The van der Waals surface area contributed by atoms with Crippen molar-refractivity contribution in [1.29, 1.82) is 0 Å². The topological polar surface area (TPSA) is 70.7 Å². The number of amides is 2. The van der Waals surface area contributed by atoms with Gasteiger partial charge in [-0.1, -0.05) is 6.92 Å². The number of likely N-dealkylation sites (N-methyl/N-ethyl adjacent to an activating group) is 1. The fourth-order valence-electron chi connectivity index (χ4n) is 2.33. The van der Waals surface area contributed by atoms with E-state index in [0.29, 0.717) is 18.0 Å². The molecule has 2 aromatic carbocycles. The third-order valence-electron chi connectivity index (χ3n) is 3.76. The highest BCUT2D eigenvalue weighted by Gasteiger charge is 2.14. The number of carbonyl (C=O) groups excluding carboxylic acids is 2. The summed E-state index contributed by atoms with van der Waals surface area (Å²) in [6.07, 6.45) is 0. The van der Waals surface area contributed by atoms with Gasteiger partial charge in [-0.05, 0) is 42.9 Å². The Bertz CT molecular complexity index is 797. The van der Waals surface area contributed by atoms with Crippen LogP contribution in [0.3, 0.4) is 0 Å². The lowest BCUT2D eigenvalue weighted by molar-refractivity contribution is -0.119. The van der Waals surface area contributed by atoms with Crippen molar-refractivity contribution in [2.75, 3.05) is 37.4 Å². The van der Waals surface area contributed by atoms with Gasteiger partial charge in [0.1, 0.15) is 5.75 Å². The zero-order valence-corrected chi connectivity index (χ0v) is 15.1. The molecule has 0 spiro atoms. The number of benzene rings is 2. The number of methoxy groups -OCH3 is 1. The van der Waals surface area contributed by atoms with E-state index in [1.54, 1.807) is 36.3 Å². The summed E-state index contributed by atoms with van der Waals surface area (Å²) in [4.78, 5) is 25.8. The van der Waals surface area contributed by atoms with Gasteiger partial charge in [-0.15, -0.1) is 0 Å². The van der Waals surface area contributed by atoms with Gasteiger partial charge in [0.15, 0.2) is 11.6 Å². The van der Waals surface area contributed by atoms with Crippen molar-refractivity contribution < 1.29 is 23.1 Å². The molecular weight excluding hydrogens is 356 g/mol. The zero-order chi connectivity index (χ0) is 19.8. The van der Waals surface area contributed by atoms with Crippen LogP contribution >= 0.6 is 0 Å². The number of carbonyl (C=O) groups is 2. The molecular formula is C19H21F2N3O3. The second-order valence-electron chi connectivity index (χ2n) is 5.76. The Kier molecular flexibility index (Phi) is 7.25. The Hall–Kier alpha value is -3.00. The van der Waals surface area contributed by atoms with Crippen molar-refractivity contribution in [2.45, 2.75) is 6.92 Å². The third-order valence-corrected chi connectivity index (χ3v) is 3.76. The van der Waals surface area contributed by atoms with Crippen LogP contribution < -0.4 is 15.4 Å². The van der Waals surface area contributed by atoms with E-state index in [-0.39, 0.29) is 24.7 Å². The fourth-order valence-corrected chi connectivity index (χ4v) is 2.33. The minimum Gasteiger partial charge on any atom is -0.497 e. The summed E-state index contributed by atoms with van der Waals surface area (Å²) in [5.74, 6) is -2.06. The lowest BCUT2D eigenvalue weighted by Gasteiger charge is -2.19. The van der Waals surface area contributed by atoms with Gasteiger partial charge in [-0.3, -0.25) is 14.5 Å². The summed E-state index contributed by atoms with van der Waals surface area (Å²) in [7, 11) is 1.55. The number of nitrogens with one attached hydrogen (secondary N) is 2. The summed E-state index contributed by atoms with van der Waals surface area (Å²) in [5, 5.41) is 5.21. The minimum atomic E-state index is -1.04. The predicted molar refractivity (Wildman–Crippen MR) is 98.7 cm³/mol. The summed E-state index contributed by atoms with van der Waals surface area (Å²) >= 11 is 0. The van der Waals surface area contributed by atoms with Crippen molar-refractivity contribution in [3.63, 3.8) is 0 Å². The molecule has 0 radical (unpaired) electrons. The van der Waals surface area contributed by atoms with Crippen LogP contribution in [0.4, 0.5) is 20.2 Å². The van der Waals surface area contributed by atoms with Crippen molar-refractivity contribution in [3.8, 4) is 5.75 Å². The molecule has 2 amide bonds. The van der Waals surface area contributed by atoms with Gasteiger partial charge in [-0.2, -0.15) is 0 Å². The third kappa shape index (κ3) is 6.34. The number of anilines is 2. The van der Waals surface area contributed by atoms with Crippen LogP contribution in [0.2, 0.25) is 0 Å². The Balaban J connectivity index is 1.86. The van der Waals surface area contributed by atoms with Gasteiger partial charge < -0.3 is 15.4 Å². The van der Waals surface area contributed by atoms with Crippen LogP contribution in [-0.4, -0.2) is 43.5 Å². The highest BCUT2D eigenvalue weighted by molar-refractivity contribution is 5.94. The number of ether oxygens (including phenoxy) is 1. The Morgan fingerprint density at radius 2 is 1.48 bits per heavy atom. The molecule has 8 heteroatoms. The Morgan fingerprint density at radius 3 is 2.00 bits per heavy atom. The molecule has 0 aliphatic carbocycles. The molecule has 144 valence electrons. The fraction of sp³-hybridized carbons (Fsp3) is 0.263. The lowest BCUT2D eigenvalue weighted by Crippen LogP contribution is -2.38. The van der Waals surface area contributed by atoms with Crippen LogP contribution in [0.15, 0.2) is 42.5 Å². The molecule has 27 heavy (non-hydrogen) atoms. The first kappa shape index (κ1) is 20.3. The molecule has 0 bridgehead atoms. The zero-order valence-electron chi connectivity index (χ0n) is 15.1. The van der Waals surface area contributed by atoms with Crippen LogP contribution in [0.5, 0.6) is 5.75 Å². The summed E-state index contributed by atoms with van der Waals surface area (Å²) in [6.45, 7) is 2.21. The number of rotatable bonds is 8. The average molecular weight is 377 g/mol. The Morgan fingerprint density at radius 1 is 0.926 bits per heavy atom. The number of nitrogens with zero attached hydrogens (tertiary/aromatic N) is 1. The van der Waals surface area contributed by atoms with E-state index >= 15 is 0 Å². The van der Waals surface area contributed by atoms with Gasteiger partial charge in [0.25, 0.3) is 0 Å². The molecule has 0 unspecified atom stereocenters. The molecule has 6 nitrogen and oxygen atoms in total. The second kappa shape index (κ2) is 9.63. The highest BCUT2D eigenvalue weighted by Crippen LogP contribution is 2.15. The Labute approximate surface area is 156 Å². The normalized spacial score (nSPS) is 10.6. The molecule has 0 heterocycles. The standard InChI is InChI=1S/C19H21F2N3O3/c1-3-24(11-18(25)22-13-4-7-15(27-2)8-5-13)12-19(26)23-14-6-9-16(20)17(21)10-14/h4-10H,3,11-12H2,1-2H3,(H,22,25)(H,23,26). The van der Waals surface area contributed by atoms with Gasteiger partial charge in [0.05, 0.1) is 20.2 Å².